The first-order valence-electron chi connectivity index (χ1n) is 10.4. The van der Waals surface area contributed by atoms with Crippen molar-refractivity contribution in [3.63, 3.8) is 0 Å². The minimum atomic E-state index is -0.636. The number of cyclic esters (lactones) is 1. The van der Waals surface area contributed by atoms with Crippen molar-refractivity contribution in [2.75, 3.05) is 6.61 Å². The smallest absolute Gasteiger partial charge is 0.363 e. The lowest BCUT2D eigenvalue weighted by Gasteiger charge is -2.15. The van der Waals surface area contributed by atoms with Crippen molar-refractivity contribution in [1.29, 1.82) is 0 Å². The molecule has 5 nitrogen and oxygen atoms in total. The molecule has 0 unspecified atom stereocenters. The van der Waals surface area contributed by atoms with Crippen molar-refractivity contribution >= 4 is 29.5 Å². The lowest BCUT2D eigenvalue weighted by atomic mass is 10.1. The Hall–Kier alpha value is -3.64. The fourth-order valence-corrected chi connectivity index (χ4v) is 3.62. The number of hydrogen-bond acceptors (Lipinski definition) is 5. The van der Waals surface area contributed by atoms with Gasteiger partial charge in [-0.05, 0) is 61.4 Å². The summed E-state index contributed by atoms with van der Waals surface area (Å²) >= 11 is 6.50. The van der Waals surface area contributed by atoms with Gasteiger partial charge in [0.15, 0.2) is 17.2 Å². The maximum absolute atomic E-state index is 13.5. The van der Waals surface area contributed by atoms with Crippen molar-refractivity contribution in [3.8, 4) is 11.5 Å². The predicted molar refractivity (Wildman–Crippen MR) is 125 cm³/mol. The van der Waals surface area contributed by atoms with E-state index in [2.05, 4.69) is 4.99 Å². The van der Waals surface area contributed by atoms with E-state index in [1.54, 1.807) is 18.2 Å². The molecule has 0 amide bonds. The summed E-state index contributed by atoms with van der Waals surface area (Å²) in [5.41, 5.74) is 3.17. The summed E-state index contributed by atoms with van der Waals surface area (Å²) < 4.78 is 30.4. The molecule has 4 rings (SSSR count). The molecule has 1 aliphatic heterocycles. The summed E-state index contributed by atoms with van der Waals surface area (Å²) in [5.74, 6) is -0.175. The molecule has 33 heavy (non-hydrogen) atoms. The van der Waals surface area contributed by atoms with Gasteiger partial charge < -0.3 is 14.2 Å². The molecule has 1 heterocycles. The van der Waals surface area contributed by atoms with E-state index in [1.807, 2.05) is 38.1 Å². The molecule has 0 atom stereocenters. The molecule has 7 heteroatoms. The molecule has 0 saturated heterocycles. The average Bonchev–Trinajstić information content (AvgIpc) is 3.14. The summed E-state index contributed by atoms with van der Waals surface area (Å²) in [7, 11) is 0. The second-order valence-electron chi connectivity index (χ2n) is 7.39. The number of aliphatic imine (C=N–C) groups is 1. The van der Waals surface area contributed by atoms with Gasteiger partial charge in [0.25, 0.3) is 0 Å². The van der Waals surface area contributed by atoms with Crippen LogP contribution < -0.4 is 9.47 Å². The standard InChI is InChI=1S/C26H21ClFNO4/c1-3-31-23-13-18(11-21(27)24(23)32-15-17-7-4-6-16(2)10-17)12-22-26(30)33-25(29-22)19-8-5-9-20(28)14-19/h4-14H,3,15H2,1-2H3/b22-12-. The van der Waals surface area contributed by atoms with E-state index >= 15 is 0 Å². The van der Waals surface area contributed by atoms with Crippen molar-refractivity contribution < 1.29 is 23.4 Å². The van der Waals surface area contributed by atoms with Crippen molar-refractivity contribution in [2.45, 2.75) is 20.5 Å². The van der Waals surface area contributed by atoms with Gasteiger partial charge in [0.1, 0.15) is 12.4 Å². The van der Waals surface area contributed by atoms with Crippen LogP contribution in [0.25, 0.3) is 6.08 Å². The zero-order valence-electron chi connectivity index (χ0n) is 18.1. The molecule has 1 aliphatic rings. The number of aryl methyl sites for hydroxylation is 1. The van der Waals surface area contributed by atoms with Crippen LogP contribution in [-0.4, -0.2) is 18.5 Å². The van der Waals surface area contributed by atoms with Crippen LogP contribution in [0.2, 0.25) is 5.02 Å². The van der Waals surface area contributed by atoms with Crippen LogP contribution in [0.5, 0.6) is 11.5 Å². The number of ether oxygens (including phenoxy) is 3. The number of hydrogen-bond donors (Lipinski definition) is 0. The van der Waals surface area contributed by atoms with Crippen molar-refractivity contribution in [1.82, 2.24) is 0 Å². The predicted octanol–water partition coefficient (Wildman–Crippen LogP) is 6.11. The first-order valence-corrected chi connectivity index (χ1v) is 10.7. The summed E-state index contributed by atoms with van der Waals surface area (Å²) in [6.07, 6.45) is 1.54. The van der Waals surface area contributed by atoms with E-state index < -0.39 is 11.8 Å². The zero-order chi connectivity index (χ0) is 23.4. The number of rotatable bonds is 7. The van der Waals surface area contributed by atoms with Gasteiger partial charge >= 0.3 is 5.97 Å². The quantitative estimate of drug-likeness (QED) is 0.312. The summed E-state index contributed by atoms with van der Waals surface area (Å²) in [6, 6.07) is 17.1. The monoisotopic (exact) mass is 465 g/mol. The second kappa shape index (κ2) is 9.88. The maximum Gasteiger partial charge on any atom is 0.363 e. The van der Waals surface area contributed by atoms with E-state index in [0.29, 0.717) is 40.9 Å². The van der Waals surface area contributed by atoms with Crippen LogP contribution >= 0.6 is 11.6 Å². The van der Waals surface area contributed by atoms with Crippen LogP contribution in [0.4, 0.5) is 4.39 Å². The Bertz CT molecular complexity index is 1270. The molecule has 0 radical (unpaired) electrons. The first kappa shape index (κ1) is 22.6. The van der Waals surface area contributed by atoms with Gasteiger partial charge in [0.05, 0.1) is 11.6 Å². The fraction of sp³-hybridized carbons (Fsp3) is 0.154. The second-order valence-corrected chi connectivity index (χ2v) is 7.79. The Morgan fingerprint density at radius 1 is 1.09 bits per heavy atom. The Labute approximate surface area is 196 Å². The number of carbonyl (C=O) groups excluding carboxylic acids is 1. The third kappa shape index (κ3) is 5.41. The number of esters is 1. The van der Waals surface area contributed by atoms with Gasteiger partial charge in [-0.1, -0.05) is 47.5 Å². The van der Waals surface area contributed by atoms with E-state index in [9.17, 15) is 9.18 Å². The summed E-state index contributed by atoms with van der Waals surface area (Å²) in [5, 5.41) is 0.334. The molecular formula is C26H21ClFNO4. The highest BCUT2D eigenvalue weighted by molar-refractivity contribution is 6.32. The molecule has 0 aromatic heterocycles. The normalized spacial score (nSPS) is 14.2. The Balaban J connectivity index is 1.61. The number of halogens is 2. The number of nitrogens with zero attached hydrogens (tertiary/aromatic N) is 1. The van der Waals surface area contributed by atoms with Gasteiger partial charge in [-0.15, -0.1) is 0 Å². The molecule has 0 bridgehead atoms. The van der Waals surface area contributed by atoms with Gasteiger partial charge in [-0.25, -0.2) is 14.2 Å². The molecule has 3 aromatic carbocycles. The highest BCUT2D eigenvalue weighted by atomic mass is 35.5. The van der Waals surface area contributed by atoms with E-state index in [4.69, 9.17) is 25.8 Å². The first-order chi connectivity index (χ1) is 15.9. The van der Waals surface area contributed by atoms with Crippen LogP contribution in [0.3, 0.4) is 0 Å². The van der Waals surface area contributed by atoms with Gasteiger partial charge in [-0.3, -0.25) is 0 Å². The molecule has 168 valence electrons. The number of benzene rings is 3. The summed E-state index contributed by atoms with van der Waals surface area (Å²) in [6.45, 7) is 4.60. The van der Waals surface area contributed by atoms with Crippen LogP contribution in [0, 0.1) is 12.7 Å². The van der Waals surface area contributed by atoms with Crippen molar-refractivity contribution in [3.05, 3.63) is 99.5 Å². The SMILES string of the molecule is CCOc1cc(/C=C2\N=C(c3cccc(F)c3)OC2=O)cc(Cl)c1OCc1cccc(C)c1. The van der Waals surface area contributed by atoms with Crippen LogP contribution in [0.15, 0.2) is 71.4 Å². The zero-order valence-corrected chi connectivity index (χ0v) is 18.9. The Morgan fingerprint density at radius 3 is 2.67 bits per heavy atom. The van der Waals surface area contributed by atoms with Gasteiger partial charge in [0.2, 0.25) is 5.90 Å². The number of carbonyl (C=O) groups is 1. The minimum absolute atomic E-state index is 0.0417. The third-order valence-corrected chi connectivity index (χ3v) is 5.07. The molecule has 0 aliphatic carbocycles. The lowest BCUT2D eigenvalue weighted by molar-refractivity contribution is -0.129. The molecular weight excluding hydrogens is 445 g/mol. The third-order valence-electron chi connectivity index (χ3n) is 4.79. The van der Waals surface area contributed by atoms with E-state index in [1.165, 1.54) is 24.3 Å². The lowest BCUT2D eigenvalue weighted by Crippen LogP contribution is -2.05. The topological polar surface area (TPSA) is 57.1 Å². The molecule has 0 N–H and O–H groups in total. The van der Waals surface area contributed by atoms with Crippen LogP contribution in [0.1, 0.15) is 29.2 Å². The highest BCUT2D eigenvalue weighted by Crippen LogP contribution is 2.38. The van der Waals surface area contributed by atoms with Gasteiger partial charge in [-0.2, -0.15) is 0 Å². The largest absolute Gasteiger partial charge is 0.490 e. The Morgan fingerprint density at radius 2 is 1.91 bits per heavy atom. The Kier molecular flexibility index (Phi) is 6.75. The van der Waals surface area contributed by atoms with E-state index in [0.717, 1.165) is 11.1 Å². The maximum atomic E-state index is 13.5. The fourth-order valence-electron chi connectivity index (χ4n) is 3.34. The van der Waals surface area contributed by atoms with Crippen LogP contribution in [-0.2, 0) is 16.1 Å². The molecule has 0 spiro atoms. The molecule has 3 aromatic rings. The highest BCUT2D eigenvalue weighted by Gasteiger charge is 2.25. The minimum Gasteiger partial charge on any atom is -0.490 e. The average molecular weight is 466 g/mol. The molecule has 0 saturated carbocycles. The van der Waals surface area contributed by atoms with Crippen molar-refractivity contribution in [2.24, 2.45) is 4.99 Å². The molecule has 0 fully saturated rings. The van der Waals surface area contributed by atoms with Gasteiger partial charge in [0, 0.05) is 5.56 Å². The van der Waals surface area contributed by atoms with E-state index in [-0.39, 0.29) is 11.6 Å². The summed E-state index contributed by atoms with van der Waals surface area (Å²) in [4.78, 5) is 16.5.